The maximum atomic E-state index is 12.6. The smallest absolute Gasteiger partial charge is 0.343 e. The lowest BCUT2D eigenvalue weighted by Crippen LogP contribution is -2.36. The Hall–Kier alpha value is -3.55. The van der Waals surface area contributed by atoms with Gasteiger partial charge >= 0.3 is 5.97 Å². The highest BCUT2D eigenvalue weighted by Crippen LogP contribution is 2.32. The van der Waals surface area contributed by atoms with Gasteiger partial charge in [-0.3, -0.25) is 4.79 Å². The first-order chi connectivity index (χ1) is 15.7. The lowest BCUT2D eigenvalue weighted by atomic mass is 10.0. The fourth-order valence-electron chi connectivity index (χ4n) is 3.53. The lowest BCUT2D eigenvalue weighted by Gasteiger charge is -2.25. The number of rotatable bonds is 5. The SMILES string of the molecule is O=C(Oc1ccc2nc(N3CCOCC3)sc2c1)c1ccc(C(=O)c2ccccc2)cc1. The number of carbonyl (C=O) groups is 2. The van der Waals surface area contributed by atoms with Crippen LogP contribution in [0.1, 0.15) is 26.3 Å². The molecule has 160 valence electrons. The Morgan fingerprint density at radius 2 is 1.56 bits per heavy atom. The highest BCUT2D eigenvalue weighted by molar-refractivity contribution is 7.22. The van der Waals surface area contributed by atoms with Crippen LogP contribution in [0.3, 0.4) is 0 Å². The predicted molar refractivity (Wildman–Crippen MR) is 124 cm³/mol. The van der Waals surface area contributed by atoms with E-state index in [1.165, 1.54) is 0 Å². The molecule has 6 nitrogen and oxygen atoms in total. The molecule has 1 aromatic heterocycles. The van der Waals surface area contributed by atoms with Crippen molar-refractivity contribution in [1.82, 2.24) is 4.98 Å². The van der Waals surface area contributed by atoms with Crippen LogP contribution in [0.4, 0.5) is 5.13 Å². The van der Waals surface area contributed by atoms with Crippen molar-refractivity contribution in [2.75, 3.05) is 31.2 Å². The first-order valence-corrected chi connectivity index (χ1v) is 11.1. The molecule has 3 aromatic carbocycles. The van der Waals surface area contributed by atoms with Gasteiger partial charge in [0.15, 0.2) is 10.9 Å². The van der Waals surface area contributed by atoms with Gasteiger partial charge in [0.1, 0.15) is 5.75 Å². The topological polar surface area (TPSA) is 68.7 Å². The van der Waals surface area contributed by atoms with Crippen LogP contribution in [0.2, 0.25) is 0 Å². The minimum atomic E-state index is -0.471. The minimum Gasteiger partial charge on any atom is -0.423 e. The number of aromatic nitrogens is 1. The van der Waals surface area contributed by atoms with Crippen molar-refractivity contribution in [3.63, 3.8) is 0 Å². The number of morpholine rings is 1. The fourth-order valence-corrected chi connectivity index (χ4v) is 4.57. The first kappa shape index (κ1) is 20.4. The number of hydrogen-bond acceptors (Lipinski definition) is 7. The number of thiazole rings is 1. The van der Waals surface area contributed by atoms with E-state index in [1.54, 1.807) is 53.8 Å². The summed E-state index contributed by atoms with van der Waals surface area (Å²) < 4.78 is 11.9. The molecule has 1 fully saturated rings. The van der Waals surface area contributed by atoms with E-state index in [-0.39, 0.29) is 5.78 Å². The number of hydrogen-bond donors (Lipinski definition) is 0. The molecule has 32 heavy (non-hydrogen) atoms. The average Bonchev–Trinajstić information content (AvgIpc) is 3.28. The molecule has 0 unspecified atom stereocenters. The van der Waals surface area contributed by atoms with Crippen LogP contribution in [0.5, 0.6) is 5.75 Å². The molecule has 2 heterocycles. The van der Waals surface area contributed by atoms with Crippen molar-refractivity contribution in [3.05, 3.63) is 89.5 Å². The summed E-state index contributed by atoms with van der Waals surface area (Å²) in [5.41, 5.74) is 2.39. The van der Waals surface area contributed by atoms with E-state index in [9.17, 15) is 9.59 Å². The quantitative estimate of drug-likeness (QED) is 0.255. The molecule has 1 saturated heterocycles. The number of benzene rings is 3. The van der Waals surface area contributed by atoms with Gasteiger partial charge < -0.3 is 14.4 Å². The Labute approximate surface area is 189 Å². The molecule has 7 heteroatoms. The normalized spacial score (nSPS) is 13.8. The van der Waals surface area contributed by atoms with E-state index in [4.69, 9.17) is 9.47 Å². The van der Waals surface area contributed by atoms with Crippen molar-refractivity contribution in [2.24, 2.45) is 0 Å². The molecular weight excluding hydrogens is 424 g/mol. The largest absolute Gasteiger partial charge is 0.423 e. The Kier molecular flexibility index (Phi) is 5.66. The van der Waals surface area contributed by atoms with Crippen LogP contribution in [0.25, 0.3) is 10.2 Å². The van der Waals surface area contributed by atoms with E-state index < -0.39 is 5.97 Å². The summed E-state index contributed by atoms with van der Waals surface area (Å²) in [6.07, 6.45) is 0. The van der Waals surface area contributed by atoms with Gasteiger partial charge in [-0.25, -0.2) is 9.78 Å². The van der Waals surface area contributed by atoms with Gasteiger partial charge in [-0.2, -0.15) is 0 Å². The Balaban J connectivity index is 1.29. The molecule has 0 bridgehead atoms. The van der Waals surface area contributed by atoms with Gasteiger partial charge in [-0.15, -0.1) is 0 Å². The molecule has 4 aromatic rings. The Morgan fingerprint density at radius 3 is 2.31 bits per heavy atom. The summed E-state index contributed by atoms with van der Waals surface area (Å²) in [4.78, 5) is 32.0. The molecule has 0 spiro atoms. The van der Waals surface area contributed by atoms with E-state index in [0.717, 1.165) is 28.4 Å². The second-order valence-electron chi connectivity index (χ2n) is 7.39. The maximum absolute atomic E-state index is 12.6. The summed E-state index contributed by atoms with van der Waals surface area (Å²) in [6, 6.07) is 21.0. The van der Waals surface area contributed by atoms with Gasteiger partial charge in [0.25, 0.3) is 0 Å². The van der Waals surface area contributed by atoms with E-state index in [2.05, 4.69) is 9.88 Å². The zero-order chi connectivity index (χ0) is 21.9. The molecule has 0 aliphatic carbocycles. The van der Waals surface area contributed by atoms with E-state index in [1.807, 2.05) is 30.3 Å². The summed E-state index contributed by atoms with van der Waals surface area (Å²) in [7, 11) is 0. The van der Waals surface area contributed by atoms with Crippen LogP contribution in [0, 0.1) is 0 Å². The van der Waals surface area contributed by atoms with Crippen molar-refractivity contribution < 1.29 is 19.1 Å². The number of ether oxygens (including phenoxy) is 2. The zero-order valence-electron chi connectivity index (χ0n) is 17.2. The van der Waals surface area contributed by atoms with Crippen molar-refractivity contribution >= 4 is 38.4 Å². The summed E-state index contributed by atoms with van der Waals surface area (Å²) in [6.45, 7) is 3.05. The minimum absolute atomic E-state index is 0.0859. The second kappa shape index (κ2) is 8.90. The van der Waals surface area contributed by atoms with Crippen LogP contribution >= 0.6 is 11.3 Å². The van der Waals surface area contributed by atoms with E-state index in [0.29, 0.717) is 35.7 Å². The molecule has 0 saturated carbocycles. The first-order valence-electron chi connectivity index (χ1n) is 10.3. The molecule has 5 rings (SSSR count). The van der Waals surface area contributed by atoms with Gasteiger partial charge in [0, 0.05) is 30.3 Å². The van der Waals surface area contributed by atoms with Gasteiger partial charge in [-0.05, 0) is 24.3 Å². The molecule has 0 radical (unpaired) electrons. The maximum Gasteiger partial charge on any atom is 0.343 e. The van der Waals surface area contributed by atoms with Gasteiger partial charge in [0.2, 0.25) is 0 Å². The summed E-state index contributed by atoms with van der Waals surface area (Å²) in [5.74, 6) is -0.0951. The Morgan fingerprint density at radius 1 is 0.875 bits per heavy atom. The standard InChI is InChI=1S/C25H20N2O4S/c28-23(17-4-2-1-3-5-17)18-6-8-19(9-7-18)24(29)31-20-10-11-21-22(16-20)32-25(26-21)27-12-14-30-15-13-27/h1-11,16H,12-15H2. The molecule has 1 aliphatic rings. The van der Waals surface area contributed by atoms with Crippen LogP contribution in [-0.2, 0) is 4.74 Å². The number of carbonyl (C=O) groups excluding carboxylic acids is 2. The summed E-state index contributed by atoms with van der Waals surface area (Å²) >= 11 is 1.57. The average molecular weight is 445 g/mol. The van der Waals surface area contributed by atoms with Crippen molar-refractivity contribution in [2.45, 2.75) is 0 Å². The number of ketones is 1. The second-order valence-corrected chi connectivity index (χ2v) is 8.40. The number of esters is 1. The summed E-state index contributed by atoms with van der Waals surface area (Å²) in [5, 5.41) is 0.949. The molecule has 0 N–H and O–H groups in total. The zero-order valence-corrected chi connectivity index (χ0v) is 18.0. The highest BCUT2D eigenvalue weighted by Gasteiger charge is 2.17. The van der Waals surface area contributed by atoms with Crippen LogP contribution < -0.4 is 9.64 Å². The molecular formula is C25H20N2O4S. The number of nitrogens with zero attached hydrogens (tertiary/aromatic N) is 2. The van der Waals surface area contributed by atoms with E-state index >= 15 is 0 Å². The third-order valence-corrected chi connectivity index (χ3v) is 6.34. The van der Waals surface area contributed by atoms with Crippen LogP contribution in [0.15, 0.2) is 72.8 Å². The van der Waals surface area contributed by atoms with Crippen molar-refractivity contribution in [3.8, 4) is 5.75 Å². The fraction of sp³-hybridized carbons (Fsp3) is 0.160. The molecule has 0 atom stereocenters. The number of anilines is 1. The van der Waals surface area contributed by atoms with Crippen LogP contribution in [-0.4, -0.2) is 43.0 Å². The third-order valence-electron chi connectivity index (χ3n) is 5.26. The lowest BCUT2D eigenvalue weighted by molar-refractivity contribution is 0.0734. The monoisotopic (exact) mass is 444 g/mol. The number of fused-ring (bicyclic) bond motifs is 1. The van der Waals surface area contributed by atoms with Gasteiger partial charge in [0.05, 0.1) is 29.0 Å². The predicted octanol–water partition coefficient (Wildman–Crippen LogP) is 4.58. The van der Waals surface area contributed by atoms with Gasteiger partial charge in [-0.1, -0.05) is 53.8 Å². The molecule has 0 amide bonds. The van der Waals surface area contributed by atoms with Crippen molar-refractivity contribution in [1.29, 1.82) is 0 Å². The highest BCUT2D eigenvalue weighted by atomic mass is 32.1. The third kappa shape index (κ3) is 4.26. The Bertz CT molecular complexity index is 1260. The molecule has 1 aliphatic heterocycles.